The smallest absolute Gasteiger partial charge is 0.0535 e. The van der Waals surface area contributed by atoms with Gasteiger partial charge in [-0.3, -0.25) is 4.90 Å². The number of piperazine rings is 1. The molecular formula is C19H32N2. The van der Waals surface area contributed by atoms with E-state index in [-0.39, 0.29) is 5.54 Å². The highest BCUT2D eigenvalue weighted by Crippen LogP contribution is 2.30. The van der Waals surface area contributed by atoms with E-state index in [1.165, 1.54) is 5.56 Å². The molecule has 0 aromatic heterocycles. The van der Waals surface area contributed by atoms with Gasteiger partial charge in [0.1, 0.15) is 0 Å². The zero-order valence-corrected chi connectivity index (χ0v) is 14.6. The second kappa shape index (κ2) is 6.10. The number of hydrogen-bond acceptors (Lipinski definition) is 2. The van der Waals surface area contributed by atoms with Crippen LogP contribution in [0.4, 0.5) is 0 Å². The molecule has 0 bridgehead atoms. The van der Waals surface area contributed by atoms with E-state index in [0.29, 0.717) is 17.4 Å². The van der Waals surface area contributed by atoms with Gasteiger partial charge in [-0.25, -0.2) is 0 Å². The molecule has 1 aromatic carbocycles. The highest BCUT2D eigenvalue weighted by atomic mass is 15.3. The van der Waals surface area contributed by atoms with E-state index in [0.717, 1.165) is 19.6 Å². The molecule has 2 rings (SSSR count). The Morgan fingerprint density at radius 1 is 1.24 bits per heavy atom. The van der Waals surface area contributed by atoms with Crippen LogP contribution in [0.15, 0.2) is 30.3 Å². The Morgan fingerprint density at radius 3 is 2.38 bits per heavy atom. The molecule has 1 saturated heterocycles. The summed E-state index contributed by atoms with van der Waals surface area (Å²) in [6.07, 6.45) is 0. The summed E-state index contributed by atoms with van der Waals surface area (Å²) in [5, 5.41) is 3.82. The third-order valence-corrected chi connectivity index (χ3v) is 4.55. The van der Waals surface area contributed by atoms with Gasteiger partial charge in [0.15, 0.2) is 0 Å². The molecule has 0 amide bonds. The van der Waals surface area contributed by atoms with E-state index in [9.17, 15) is 0 Å². The van der Waals surface area contributed by atoms with Crippen molar-refractivity contribution in [3.8, 4) is 0 Å². The fraction of sp³-hybridized carbons (Fsp3) is 0.684. The van der Waals surface area contributed by atoms with Crippen molar-refractivity contribution in [2.24, 2.45) is 11.3 Å². The summed E-state index contributed by atoms with van der Waals surface area (Å²) in [6.45, 7) is 17.3. The van der Waals surface area contributed by atoms with Gasteiger partial charge in [-0.1, -0.05) is 65.0 Å². The quantitative estimate of drug-likeness (QED) is 0.908. The van der Waals surface area contributed by atoms with Gasteiger partial charge in [-0.15, -0.1) is 0 Å². The van der Waals surface area contributed by atoms with Crippen LogP contribution in [0.5, 0.6) is 0 Å². The van der Waals surface area contributed by atoms with Crippen LogP contribution in [0.2, 0.25) is 0 Å². The van der Waals surface area contributed by atoms with Gasteiger partial charge in [0, 0.05) is 25.7 Å². The van der Waals surface area contributed by atoms with Crippen LogP contribution in [0, 0.1) is 11.3 Å². The van der Waals surface area contributed by atoms with Gasteiger partial charge in [0.05, 0.1) is 5.54 Å². The van der Waals surface area contributed by atoms with E-state index in [1.807, 2.05) is 0 Å². The highest BCUT2D eigenvalue weighted by Gasteiger charge is 2.39. The first-order chi connectivity index (χ1) is 9.71. The molecule has 1 N–H and O–H groups in total. The topological polar surface area (TPSA) is 15.3 Å². The van der Waals surface area contributed by atoms with Crippen molar-refractivity contribution in [3.05, 3.63) is 35.9 Å². The first kappa shape index (κ1) is 16.5. The van der Waals surface area contributed by atoms with Crippen molar-refractivity contribution < 1.29 is 0 Å². The molecule has 0 spiro atoms. The fourth-order valence-electron chi connectivity index (χ4n) is 3.48. The zero-order chi connectivity index (χ0) is 15.7. The summed E-state index contributed by atoms with van der Waals surface area (Å²) in [7, 11) is 0. The van der Waals surface area contributed by atoms with Gasteiger partial charge in [0.25, 0.3) is 0 Å². The third kappa shape index (κ3) is 4.08. The third-order valence-electron chi connectivity index (χ3n) is 4.55. The SMILES string of the molecule is CC(C)C1CNC(C)(c2ccccc2)CN1CC(C)(C)C. The average molecular weight is 288 g/mol. The predicted octanol–water partition coefficient (Wildman–Crippen LogP) is 3.88. The molecule has 0 radical (unpaired) electrons. The highest BCUT2D eigenvalue weighted by molar-refractivity contribution is 5.25. The molecule has 1 aliphatic heterocycles. The molecule has 0 saturated carbocycles. The van der Waals surface area contributed by atoms with E-state index in [4.69, 9.17) is 0 Å². The largest absolute Gasteiger partial charge is 0.305 e. The number of nitrogens with zero attached hydrogens (tertiary/aromatic N) is 1. The first-order valence-electron chi connectivity index (χ1n) is 8.26. The summed E-state index contributed by atoms with van der Waals surface area (Å²) in [6, 6.07) is 11.5. The number of hydrogen-bond donors (Lipinski definition) is 1. The monoisotopic (exact) mass is 288 g/mol. The second-order valence-electron chi connectivity index (χ2n) is 8.36. The van der Waals surface area contributed by atoms with Crippen molar-refractivity contribution in [1.29, 1.82) is 0 Å². The molecule has 1 fully saturated rings. The Bertz CT molecular complexity index is 446. The molecule has 2 atom stereocenters. The van der Waals surface area contributed by atoms with Crippen LogP contribution < -0.4 is 5.32 Å². The maximum atomic E-state index is 3.82. The molecule has 21 heavy (non-hydrogen) atoms. The maximum absolute atomic E-state index is 3.82. The maximum Gasteiger partial charge on any atom is 0.0535 e. The van der Waals surface area contributed by atoms with Crippen LogP contribution >= 0.6 is 0 Å². The van der Waals surface area contributed by atoms with Crippen molar-refractivity contribution >= 4 is 0 Å². The minimum Gasteiger partial charge on any atom is -0.305 e. The van der Waals surface area contributed by atoms with Gasteiger partial charge in [-0.05, 0) is 23.8 Å². The van der Waals surface area contributed by atoms with E-state index in [1.54, 1.807) is 0 Å². The van der Waals surface area contributed by atoms with Crippen molar-refractivity contribution in [3.63, 3.8) is 0 Å². The lowest BCUT2D eigenvalue weighted by molar-refractivity contribution is 0.0350. The molecule has 118 valence electrons. The molecule has 1 heterocycles. The summed E-state index contributed by atoms with van der Waals surface area (Å²) in [5.74, 6) is 0.681. The number of benzene rings is 1. The van der Waals surface area contributed by atoms with Crippen molar-refractivity contribution in [2.75, 3.05) is 19.6 Å². The summed E-state index contributed by atoms with van der Waals surface area (Å²) < 4.78 is 0. The Morgan fingerprint density at radius 2 is 1.86 bits per heavy atom. The van der Waals surface area contributed by atoms with Gasteiger partial charge < -0.3 is 5.32 Å². The molecule has 2 nitrogen and oxygen atoms in total. The van der Waals surface area contributed by atoms with E-state index in [2.05, 4.69) is 82.1 Å². The summed E-state index contributed by atoms with van der Waals surface area (Å²) >= 11 is 0. The normalized spacial score (nSPS) is 28.0. The second-order valence-corrected chi connectivity index (χ2v) is 8.36. The Labute approximate surface area is 130 Å². The van der Waals surface area contributed by atoms with Gasteiger partial charge in [0.2, 0.25) is 0 Å². The average Bonchev–Trinajstić information content (AvgIpc) is 2.37. The Balaban J connectivity index is 2.22. The number of nitrogens with one attached hydrogen (secondary N) is 1. The molecule has 1 aliphatic rings. The first-order valence-corrected chi connectivity index (χ1v) is 8.26. The Hall–Kier alpha value is -0.860. The summed E-state index contributed by atoms with van der Waals surface area (Å²) in [5.41, 5.74) is 1.78. The van der Waals surface area contributed by atoms with Crippen LogP contribution in [0.1, 0.15) is 47.1 Å². The van der Waals surface area contributed by atoms with Crippen LogP contribution in [0.3, 0.4) is 0 Å². The predicted molar refractivity (Wildman–Crippen MR) is 91.5 cm³/mol. The van der Waals surface area contributed by atoms with E-state index >= 15 is 0 Å². The minimum atomic E-state index is 0.0535. The fourth-order valence-corrected chi connectivity index (χ4v) is 3.48. The summed E-state index contributed by atoms with van der Waals surface area (Å²) in [4.78, 5) is 2.70. The van der Waals surface area contributed by atoms with E-state index < -0.39 is 0 Å². The van der Waals surface area contributed by atoms with Gasteiger partial charge >= 0.3 is 0 Å². The van der Waals surface area contributed by atoms with Crippen LogP contribution in [-0.4, -0.2) is 30.6 Å². The van der Waals surface area contributed by atoms with Crippen molar-refractivity contribution in [1.82, 2.24) is 10.2 Å². The molecule has 2 unspecified atom stereocenters. The van der Waals surface area contributed by atoms with Gasteiger partial charge in [-0.2, -0.15) is 0 Å². The van der Waals surface area contributed by atoms with Crippen LogP contribution in [0.25, 0.3) is 0 Å². The Kier molecular flexibility index (Phi) is 4.79. The lowest BCUT2D eigenvalue weighted by atomic mass is 9.84. The zero-order valence-electron chi connectivity index (χ0n) is 14.6. The van der Waals surface area contributed by atoms with Crippen LogP contribution in [-0.2, 0) is 5.54 Å². The molecule has 1 aromatic rings. The standard InChI is InChI=1S/C19H32N2/c1-15(2)17-12-20-19(6,16-10-8-7-9-11-16)14-21(17)13-18(3,4)5/h7-11,15,17,20H,12-14H2,1-6H3. The lowest BCUT2D eigenvalue weighted by Gasteiger charge is -2.49. The van der Waals surface area contributed by atoms with Crippen molar-refractivity contribution in [2.45, 2.75) is 53.1 Å². The number of rotatable bonds is 3. The molecule has 2 heteroatoms. The molecular weight excluding hydrogens is 256 g/mol. The minimum absolute atomic E-state index is 0.0535. The lowest BCUT2D eigenvalue weighted by Crippen LogP contribution is -2.63. The molecule has 0 aliphatic carbocycles.